The second-order valence-electron chi connectivity index (χ2n) is 4.17. The van der Waals surface area contributed by atoms with E-state index >= 15 is 0 Å². The molecule has 0 aliphatic rings. The predicted octanol–water partition coefficient (Wildman–Crippen LogP) is 2.52. The first-order valence-electron chi connectivity index (χ1n) is 5.93. The first-order valence-corrected chi connectivity index (χ1v) is 9.09. The summed E-state index contributed by atoms with van der Waals surface area (Å²) in [5.41, 5.74) is 0.911. The molecule has 0 spiro atoms. The molecule has 2 rings (SSSR count). The normalized spacial score (nSPS) is 11.7. The van der Waals surface area contributed by atoms with Crippen molar-refractivity contribution in [3.63, 3.8) is 0 Å². The maximum absolute atomic E-state index is 12.1. The summed E-state index contributed by atoms with van der Waals surface area (Å²) in [4.78, 5) is 1.17. The minimum atomic E-state index is -3.50. The van der Waals surface area contributed by atoms with E-state index in [1.165, 1.54) is 11.3 Å². The Kier molecular flexibility index (Phi) is 5.34. The maximum Gasteiger partial charge on any atom is 0.240 e. The van der Waals surface area contributed by atoms with E-state index in [0.29, 0.717) is 6.42 Å². The van der Waals surface area contributed by atoms with Crippen LogP contribution in [0, 0.1) is 0 Å². The fraction of sp³-hybridized carbons (Fsp3) is 0.231. The minimum Gasteiger partial charge on any atom is -0.396 e. The van der Waals surface area contributed by atoms with Gasteiger partial charge in [0.2, 0.25) is 10.0 Å². The van der Waals surface area contributed by atoms with Crippen LogP contribution in [-0.2, 0) is 23.0 Å². The van der Waals surface area contributed by atoms with Crippen molar-refractivity contribution >= 4 is 37.3 Å². The molecule has 1 aromatic carbocycles. The van der Waals surface area contributed by atoms with Gasteiger partial charge in [0.25, 0.3) is 0 Å². The van der Waals surface area contributed by atoms with Crippen LogP contribution < -0.4 is 4.72 Å². The highest BCUT2D eigenvalue weighted by atomic mass is 79.9. The second kappa shape index (κ2) is 6.82. The van der Waals surface area contributed by atoms with Crippen LogP contribution in [0.15, 0.2) is 45.1 Å². The molecule has 0 atom stereocenters. The standard InChI is InChI=1S/C13H14BrNO3S2/c14-11-7-12(19-9-11)8-15-20(17,18)13-3-1-10(2-4-13)5-6-16/h1-4,7,9,15-16H,5-6,8H2. The number of halogens is 1. The molecule has 0 saturated carbocycles. The van der Waals surface area contributed by atoms with Crippen molar-refractivity contribution in [3.05, 3.63) is 50.6 Å². The summed E-state index contributed by atoms with van der Waals surface area (Å²) in [5, 5.41) is 10.7. The van der Waals surface area contributed by atoms with Crippen molar-refractivity contribution in [3.8, 4) is 0 Å². The van der Waals surface area contributed by atoms with Gasteiger partial charge >= 0.3 is 0 Å². The maximum atomic E-state index is 12.1. The molecule has 1 aromatic heterocycles. The summed E-state index contributed by atoms with van der Waals surface area (Å²) in [6.45, 7) is 0.328. The summed E-state index contributed by atoms with van der Waals surface area (Å²) in [5.74, 6) is 0. The Morgan fingerprint density at radius 1 is 1.25 bits per heavy atom. The Morgan fingerprint density at radius 3 is 2.50 bits per heavy atom. The molecule has 2 aromatic rings. The molecule has 0 amide bonds. The zero-order chi connectivity index (χ0) is 14.6. The number of sulfonamides is 1. The van der Waals surface area contributed by atoms with Crippen molar-refractivity contribution in [2.75, 3.05) is 6.61 Å². The summed E-state index contributed by atoms with van der Waals surface area (Å²) in [6, 6.07) is 8.42. The molecule has 0 fully saturated rings. The van der Waals surface area contributed by atoms with Crippen LogP contribution in [0.25, 0.3) is 0 Å². The van der Waals surface area contributed by atoms with Crippen LogP contribution in [0.5, 0.6) is 0 Å². The van der Waals surface area contributed by atoms with E-state index in [0.717, 1.165) is 14.9 Å². The van der Waals surface area contributed by atoms with Gasteiger partial charge in [0, 0.05) is 27.9 Å². The van der Waals surface area contributed by atoms with Crippen molar-refractivity contribution < 1.29 is 13.5 Å². The van der Waals surface area contributed by atoms with Gasteiger partial charge in [-0.05, 0) is 46.1 Å². The van der Waals surface area contributed by atoms with Crippen molar-refractivity contribution in [1.82, 2.24) is 4.72 Å². The van der Waals surface area contributed by atoms with Crippen LogP contribution in [-0.4, -0.2) is 20.1 Å². The van der Waals surface area contributed by atoms with Gasteiger partial charge in [0.05, 0.1) is 4.90 Å². The molecular weight excluding hydrogens is 362 g/mol. The molecule has 4 nitrogen and oxygen atoms in total. The van der Waals surface area contributed by atoms with E-state index in [4.69, 9.17) is 5.11 Å². The van der Waals surface area contributed by atoms with Crippen LogP contribution >= 0.6 is 27.3 Å². The monoisotopic (exact) mass is 375 g/mol. The van der Waals surface area contributed by atoms with Gasteiger partial charge in [-0.25, -0.2) is 13.1 Å². The second-order valence-corrected chi connectivity index (χ2v) is 7.85. The largest absolute Gasteiger partial charge is 0.396 e. The third kappa shape index (κ3) is 4.13. The number of hydrogen-bond donors (Lipinski definition) is 2. The number of hydrogen-bond acceptors (Lipinski definition) is 4. The molecule has 0 saturated heterocycles. The Bertz CT molecular complexity index is 665. The van der Waals surface area contributed by atoms with Gasteiger partial charge in [0.1, 0.15) is 0 Å². The molecule has 0 radical (unpaired) electrons. The summed E-state index contributed by atoms with van der Waals surface area (Å²) >= 11 is 4.83. The molecule has 0 bridgehead atoms. The molecule has 108 valence electrons. The summed E-state index contributed by atoms with van der Waals surface area (Å²) in [6.07, 6.45) is 0.525. The lowest BCUT2D eigenvalue weighted by Gasteiger charge is -2.06. The van der Waals surface area contributed by atoms with Gasteiger partial charge in [-0.3, -0.25) is 0 Å². The molecular formula is C13H14BrNO3S2. The Labute approximate surface area is 130 Å². The third-order valence-corrected chi connectivity index (χ3v) is 5.81. The zero-order valence-electron chi connectivity index (χ0n) is 10.5. The number of benzene rings is 1. The molecule has 1 heterocycles. The van der Waals surface area contributed by atoms with Gasteiger partial charge < -0.3 is 5.11 Å². The third-order valence-electron chi connectivity index (χ3n) is 2.69. The van der Waals surface area contributed by atoms with Crippen LogP contribution in [0.4, 0.5) is 0 Å². The SMILES string of the molecule is O=S(=O)(NCc1cc(Br)cs1)c1ccc(CCO)cc1. The number of thiophene rings is 1. The van der Waals surface area contributed by atoms with Crippen LogP contribution in [0.1, 0.15) is 10.4 Å². The first kappa shape index (κ1) is 15.7. The van der Waals surface area contributed by atoms with E-state index < -0.39 is 10.0 Å². The van der Waals surface area contributed by atoms with E-state index in [2.05, 4.69) is 20.7 Å². The van der Waals surface area contributed by atoms with E-state index in [1.54, 1.807) is 24.3 Å². The number of rotatable bonds is 6. The van der Waals surface area contributed by atoms with Crippen LogP contribution in [0.2, 0.25) is 0 Å². The predicted molar refractivity (Wildman–Crippen MR) is 83.3 cm³/mol. The topological polar surface area (TPSA) is 66.4 Å². The first-order chi connectivity index (χ1) is 9.51. The number of aliphatic hydroxyl groups excluding tert-OH is 1. The van der Waals surface area contributed by atoms with E-state index in [-0.39, 0.29) is 18.0 Å². The molecule has 0 unspecified atom stereocenters. The van der Waals surface area contributed by atoms with E-state index in [1.807, 2.05) is 11.4 Å². The Morgan fingerprint density at radius 2 is 1.95 bits per heavy atom. The van der Waals surface area contributed by atoms with Crippen molar-refractivity contribution in [1.29, 1.82) is 0 Å². The highest BCUT2D eigenvalue weighted by molar-refractivity contribution is 9.10. The molecule has 2 N–H and O–H groups in total. The molecule has 20 heavy (non-hydrogen) atoms. The molecule has 0 aliphatic carbocycles. The zero-order valence-corrected chi connectivity index (χ0v) is 13.8. The molecule has 0 aliphatic heterocycles. The average Bonchev–Trinajstić information content (AvgIpc) is 2.84. The Hall–Kier alpha value is -0.730. The number of nitrogens with one attached hydrogen (secondary N) is 1. The lowest BCUT2D eigenvalue weighted by molar-refractivity contribution is 0.299. The van der Waals surface area contributed by atoms with Gasteiger partial charge in [0.15, 0.2) is 0 Å². The fourth-order valence-electron chi connectivity index (χ4n) is 1.66. The minimum absolute atomic E-state index is 0.0532. The van der Waals surface area contributed by atoms with Crippen molar-refractivity contribution in [2.45, 2.75) is 17.9 Å². The highest BCUT2D eigenvalue weighted by Crippen LogP contribution is 2.20. The highest BCUT2D eigenvalue weighted by Gasteiger charge is 2.13. The van der Waals surface area contributed by atoms with Crippen molar-refractivity contribution in [2.24, 2.45) is 0 Å². The Balaban J connectivity index is 2.05. The van der Waals surface area contributed by atoms with E-state index in [9.17, 15) is 8.42 Å². The summed E-state index contributed by atoms with van der Waals surface area (Å²) in [7, 11) is -3.50. The average molecular weight is 376 g/mol. The fourth-order valence-corrected chi connectivity index (χ4v) is 4.15. The molecule has 7 heteroatoms. The summed E-state index contributed by atoms with van der Waals surface area (Å²) < 4.78 is 27.7. The van der Waals surface area contributed by atoms with Gasteiger partial charge in [-0.15, -0.1) is 11.3 Å². The van der Waals surface area contributed by atoms with Gasteiger partial charge in [-0.2, -0.15) is 0 Å². The van der Waals surface area contributed by atoms with Crippen LogP contribution in [0.3, 0.4) is 0 Å². The number of aliphatic hydroxyl groups is 1. The lowest BCUT2D eigenvalue weighted by atomic mass is 10.2. The van der Waals surface area contributed by atoms with Gasteiger partial charge in [-0.1, -0.05) is 12.1 Å². The lowest BCUT2D eigenvalue weighted by Crippen LogP contribution is -2.22. The smallest absolute Gasteiger partial charge is 0.240 e. The quantitative estimate of drug-likeness (QED) is 0.814.